The molecule has 0 saturated carbocycles. The predicted octanol–water partition coefficient (Wildman–Crippen LogP) is 2.67. The highest BCUT2D eigenvalue weighted by Crippen LogP contribution is 2.43. The second-order valence-electron chi connectivity index (χ2n) is 4.96. The summed E-state index contributed by atoms with van der Waals surface area (Å²) in [5.74, 6) is 0.801. The number of hydrogen-bond donors (Lipinski definition) is 2. The van der Waals surface area contributed by atoms with Gasteiger partial charge in [0.1, 0.15) is 11.5 Å². The summed E-state index contributed by atoms with van der Waals surface area (Å²) in [6.45, 7) is 4.11. The zero-order valence-corrected chi connectivity index (χ0v) is 13.4. The number of nitrogens with one attached hydrogen (secondary N) is 1. The molecule has 0 saturated heterocycles. The van der Waals surface area contributed by atoms with Gasteiger partial charge in [0.2, 0.25) is 0 Å². The molecule has 1 rings (SSSR count). The van der Waals surface area contributed by atoms with E-state index >= 15 is 0 Å². The van der Waals surface area contributed by atoms with Gasteiger partial charge in [0.25, 0.3) is 0 Å². The standard InChI is InChI=1S/C13H22NO5P/c1-13(2,9-14-20(16,18-4)19-5)11-8-10(17-3)6-7-12(11)15/h6-8,15H,9H2,1-5H3,(H,14,16). The fraction of sp³-hybridized carbons (Fsp3) is 0.538. The second-order valence-corrected chi connectivity index (χ2v) is 7.01. The Morgan fingerprint density at radius 2 is 1.85 bits per heavy atom. The van der Waals surface area contributed by atoms with Gasteiger partial charge in [0.05, 0.1) is 7.11 Å². The van der Waals surface area contributed by atoms with Crippen LogP contribution < -0.4 is 9.82 Å². The molecular weight excluding hydrogens is 281 g/mol. The van der Waals surface area contributed by atoms with E-state index in [0.717, 1.165) is 0 Å². The van der Waals surface area contributed by atoms with Crippen molar-refractivity contribution in [3.63, 3.8) is 0 Å². The fourth-order valence-electron chi connectivity index (χ4n) is 1.78. The Morgan fingerprint density at radius 1 is 1.25 bits per heavy atom. The lowest BCUT2D eigenvalue weighted by Gasteiger charge is -2.28. The Kier molecular flexibility index (Phi) is 5.59. The van der Waals surface area contributed by atoms with E-state index in [-0.39, 0.29) is 5.75 Å². The van der Waals surface area contributed by atoms with Crippen LogP contribution in [0, 0.1) is 0 Å². The van der Waals surface area contributed by atoms with E-state index in [0.29, 0.717) is 17.9 Å². The molecule has 0 heterocycles. The van der Waals surface area contributed by atoms with Crippen molar-refractivity contribution in [1.82, 2.24) is 5.09 Å². The van der Waals surface area contributed by atoms with Gasteiger partial charge in [-0.1, -0.05) is 13.8 Å². The number of aromatic hydroxyl groups is 1. The van der Waals surface area contributed by atoms with Crippen molar-refractivity contribution in [3.05, 3.63) is 23.8 Å². The van der Waals surface area contributed by atoms with E-state index < -0.39 is 13.2 Å². The normalized spacial score (nSPS) is 12.4. The molecular formula is C13H22NO5P. The molecule has 0 unspecified atom stereocenters. The molecule has 0 aliphatic rings. The molecule has 0 amide bonds. The van der Waals surface area contributed by atoms with Gasteiger partial charge in [-0.2, -0.15) is 0 Å². The summed E-state index contributed by atoms with van der Waals surface area (Å²) in [5, 5.41) is 12.8. The van der Waals surface area contributed by atoms with Crippen LogP contribution in [0.1, 0.15) is 19.4 Å². The van der Waals surface area contributed by atoms with Crippen molar-refractivity contribution in [2.45, 2.75) is 19.3 Å². The van der Waals surface area contributed by atoms with Crippen LogP contribution in [0.15, 0.2) is 18.2 Å². The SMILES string of the molecule is COc1ccc(O)c(C(C)(C)CNP(=O)(OC)OC)c1. The first-order valence-electron chi connectivity index (χ1n) is 6.12. The molecule has 0 bridgehead atoms. The number of ether oxygens (including phenoxy) is 1. The average Bonchev–Trinajstić information content (AvgIpc) is 2.45. The molecule has 0 spiro atoms. The Bertz CT molecular complexity index is 496. The first kappa shape index (κ1) is 17.0. The Hall–Kier alpha value is -1.07. The lowest BCUT2D eigenvalue weighted by molar-refractivity contribution is 0.260. The Labute approximate surface area is 119 Å². The van der Waals surface area contributed by atoms with Gasteiger partial charge >= 0.3 is 7.75 Å². The third-order valence-corrected chi connectivity index (χ3v) is 4.64. The number of rotatable bonds is 7. The molecule has 1 aromatic carbocycles. The van der Waals surface area contributed by atoms with Crippen molar-refractivity contribution < 1.29 is 23.5 Å². The van der Waals surface area contributed by atoms with E-state index in [9.17, 15) is 9.67 Å². The molecule has 0 radical (unpaired) electrons. The highest BCUT2D eigenvalue weighted by molar-refractivity contribution is 7.51. The highest BCUT2D eigenvalue weighted by atomic mass is 31.2. The lowest BCUT2D eigenvalue weighted by atomic mass is 9.84. The number of phenols is 1. The highest BCUT2D eigenvalue weighted by Gasteiger charge is 2.29. The molecule has 0 aliphatic heterocycles. The second kappa shape index (κ2) is 6.59. The molecule has 0 aliphatic carbocycles. The summed E-state index contributed by atoms with van der Waals surface area (Å²) in [6.07, 6.45) is 0. The van der Waals surface area contributed by atoms with Crippen molar-refractivity contribution in [3.8, 4) is 11.5 Å². The van der Waals surface area contributed by atoms with Gasteiger partial charge in [-0.25, -0.2) is 9.65 Å². The van der Waals surface area contributed by atoms with Gasteiger partial charge in [-0.05, 0) is 18.2 Å². The van der Waals surface area contributed by atoms with Crippen LogP contribution in [0.5, 0.6) is 11.5 Å². The first-order valence-corrected chi connectivity index (χ1v) is 7.66. The molecule has 6 nitrogen and oxygen atoms in total. The lowest BCUT2D eigenvalue weighted by Crippen LogP contribution is -2.32. The van der Waals surface area contributed by atoms with Crippen LogP contribution in [-0.2, 0) is 19.0 Å². The molecule has 0 atom stereocenters. The molecule has 0 aromatic heterocycles. The summed E-state index contributed by atoms with van der Waals surface area (Å²) in [5.41, 5.74) is 0.189. The molecule has 2 N–H and O–H groups in total. The minimum atomic E-state index is -3.29. The molecule has 7 heteroatoms. The van der Waals surface area contributed by atoms with Crippen LogP contribution >= 0.6 is 7.75 Å². The largest absolute Gasteiger partial charge is 0.508 e. The number of methoxy groups -OCH3 is 1. The Balaban J connectivity index is 2.96. The minimum absolute atomic E-state index is 0.155. The van der Waals surface area contributed by atoms with Crippen LogP contribution in [0.4, 0.5) is 0 Å². The average molecular weight is 303 g/mol. The summed E-state index contributed by atoms with van der Waals surface area (Å²) in [7, 11) is 0.892. The summed E-state index contributed by atoms with van der Waals surface area (Å²) < 4.78 is 26.8. The first-order chi connectivity index (χ1) is 9.28. The number of benzene rings is 1. The van der Waals surface area contributed by atoms with Gasteiger partial charge in [-0.15, -0.1) is 0 Å². The predicted molar refractivity (Wildman–Crippen MR) is 77.3 cm³/mol. The van der Waals surface area contributed by atoms with Crippen molar-refractivity contribution in [2.24, 2.45) is 0 Å². The number of hydrogen-bond acceptors (Lipinski definition) is 5. The summed E-state index contributed by atoms with van der Waals surface area (Å²) in [4.78, 5) is 0. The van der Waals surface area contributed by atoms with Gasteiger partial charge < -0.3 is 18.9 Å². The molecule has 0 fully saturated rings. The van der Waals surface area contributed by atoms with Crippen LogP contribution in [-0.4, -0.2) is 33.0 Å². The minimum Gasteiger partial charge on any atom is -0.508 e. The monoisotopic (exact) mass is 303 g/mol. The van der Waals surface area contributed by atoms with Gasteiger partial charge in [0.15, 0.2) is 0 Å². The quantitative estimate of drug-likeness (QED) is 0.754. The summed E-state index contributed by atoms with van der Waals surface area (Å²) in [6, 6.07) is 5.00. The smallest absolute Gasteiger partial charge is 0.404 e. The van der Waals surface area contributed by atoms with Crippen molar-refractivity contribution in [1.29, 1.82) is 0 Å². The van der Waals surface area contributed by atoms with Crippen LogP contribution in [0.3, 0.4) is 0 Å². The maximum atomic E-state index is 12.0. The zero-order chi connectivity index (χ0) is 15.4. The van der Waals surface area contributed by atoms with Gasteiger partial charge in [0, 0.05) is 31.7 Å². The van der Waals surface area contributed by atoms with Crippen LogP contribution in [0.25, 0.3) is 0 Å². The fourth-order valence-corrected chi connectivity index (χ4v) is 2.77. The van der Waals surface area contributed by atoms with Gasteiger partial charge in [-0.3, -0.25) is 0 Å². The maximum Gasteiger partial charge on any atom is 0.404 e. The molecule has 114 valence electrons. The maximum absolute atomic E-state index is 12.0. The summed E-state index contributed by atoms with van der Waals surface area (Å²) >= 11 is 0. The van der Waals surface area contributed by atoms with E-state index in [1.54, 1.807) is 25.3 Å². The zero-order valence-electron chi connectivity index (χ0n) is 12.5. The van der Waals surface area contributed by atoms with E-state index in [4.69, 9.17) is 13.8 Å². The van der Waals surface area contributed by atoms with Crippen molar-refractivity contribution >= 4 is 7.75 Å². The number of phenolic OH excluding ortho intramolecular Hbond substituents is 1. The van der Waals surface area contributed by atoms with E-state index in [1.807, 2.05) is 13.8 Å². The van der Waals surface area contributed by atoms with Crippen LogP contribution in [0.2, 0.25) is 0 Å². The molecule has 20 heavy (non-hydrogen) atoms. The van der Waals surface area contributed by atoms with E-state index in [2.05, 4.69) is 5.09 Å². The molecule has 1 aromatic rings. The van der Waals surface area contributed by atoms with Crippen molar-refractivity contribution in [2.75, 3.05) is 27.9 Å². The van der Waals surface area contributed by atoms with E-state index in [1.165, 1.54) is 14.2 Å². The third kappa shape index (κ3) is 3.96. The topological polar surface area (TPSA) is 77.0 Å². The Morgan fingerprint density at radius 3 is 2.35 bits per heavy atom. The third-order valence-electron chi connectivity index (χ3n) is 3.13.